The number of aromatic hydroxyl groups is 1. The molecule has 0 bridgehead atoms. The minimum absolute atomic E-state index is 0.0540. The van der Waals surface area contributed by atoms with Crippen molar-refractivity contribution < 1.29 is 27.8 Å². The lowest BCUT2D eigenvalue weighted by atomic mass is 10.0. The van der Waals surface area contributed by atoms with Crippen LogP contribution in [-0.4, -0.2) is 26.9 Å². The van der Waals surface area contributed by atoms with Crippen LogP contribution in [0.15, 0.2) is 91.0 Å². The van der Waals surface area contributed by atoms with Crippen molar-refractivity contribution >= 4 is 34.2 Å². The molecule has 1 atom stereocenters. The molecule has 4 rings (SSSR count). The molecular formula is C26H21FN2O5S. The van der Waals surface area contributed by atoms with E-state index in [2.05, 4.69) is 5.32 Å². The third kappa shape index (κ3) is 5.32. The summed E-state index contributed by atoms with van der Waals surface area (Å²) in [5.41, 5.74) is 2.51. The molecule has 4 aromatic carbocycles. The van der Waals surface area contributed by atoms with Crippen molar-refractivity contribution in [3.8, 4) is 22.6 Å². The second-order valence-corrected chi connectivity index (χ2v) is 8.27. The van der Waals surface area contributed by atoms with E-state index in [1.165, 1.54) is 37.4 Å². The van der Waals surface area contributed by atoms with E-state index >= 15 is 0 Å². The van der Waals surface area contributed by atoms with Crippen LogP contribution in [0.5, 0.6) is 11.5 Å². The number of phenols is 1. The van der Waals surface area contributed by atoms with E-state index in [0.29, 0.717) is 5.75 Å². The molecule has 35 heavy (non-hydrogen) atoms. The van der Waals surface area contributed by atoms with Crippen LogP contribution in [0.3, 0.4) is 0 Å². The van der Waals surface area contributed by atoms with Crippen molar-refractivity contribution in [2.75, 3.05) is 16.7 Å². The monoisotopic (exact) mass is 492 g/mol. The minimum atomic E-state index is -2.59. The van der Waals surface area contributed by atoms with Gasteiger partial charge in [0.2, 0.25) is 0 Å². The number of rotatable bonds is 7. The molecule has 4 aromatic rings. The average Bonchev–Trinajstić information content (AvgIpc) is 2.87. The molecule has 0 radical (unpaired) electrons. The van der Waals surface area contributed by atoms with Crippen LogP contribution < -0.4 is 14.4 Å². The second kappa shape index (κ2) is 10.4. The molecule has 0 aliphatic rings. The number of ether oxygens (including phenoxy) is 1. The van der Waals surface area contributed by atoms with Crippen molar-refractivity contribution in [1.29, 1.82) is 0 Å². The number of nitrogens with zero attached hydrogens (tertiary/aromatic N) is 1. The van der Waals surface area contributed by atoms with E-state index in [0.717, 1.165) is 27.6 Å². The topological polar surface area (TPSA) is 99.1 Å². The summed E-state index contributed by atoms with van der Waals surface area (Å²) in [4.78, 5) is 13.0. The largest absolute Gasteiger partial charge is 0.506 e. The highest BCUT2D eigenvalue weighted by molar-refractivity contribution is 7.81. The molecule has 0 aliphatic carbocycles. The summed E-state index contributed by atoms with van der Waals surface area (Å²) in [5, 5.41) is 13.1. The number of amides is 1. The Hall–Kier alpha value is -4.21. The third-order valence-electron chi connectivity index (χ3n) is 5.22. The number of methoxy groups -OCH3 is 1. The number of carbonyl (C=O) groups is 1. The van der Waals surface area contributed by atoms with Gasteiger partial charge >= 0.3 is 0 Å². The zero-order chi connectivity index (χ0) is 24.9. The number of nitrogens with one attached hydrogen (secondary N) is 1. The number of benzene rings is 4. The first-order valence-electron chi connectivity index (χ1n) is 10.4. The number of hydrogen-bond donors (Lipinski definition) is 3. The van der Waals surface area contributed by atoms with Crippen LogP contribution in [0.2, 0.25) is 0 Å². The molecule has 3 N–H and O–H groups in total. The van der Waals surface area contributed by atoms with Crippen LogP contribution >= 0.6 is 0 Å². The predicted octanol–water partition coefficient (Wildman–Crippen LogP) is 5.73. The van der Waals surface area contributed by atoms with Crippen molar-refractivity contribution in [3.63, 3.8) is 0 Å². The lowest BCUT2D eigenvalue weighted by Gasteiger charge is -2.22. The van der Waals surface area contributed by atoms with Gasteiger partial charge in [0, 0.05) is 5.69 Å². The van der Waals surface area contributed by atoms with Crippen molar-refractivity contribution in [1.82, 2.24) is 0 Å². The highest BCUT2D eigenvalue weighted by Gasteiger charge is 2.21. The maximum Gasteiger partial charge on any atom is 0.266 e. The molecule has 0 spiro atoms. The van der Waals surface area contributed by atoms with Gasteiger partial charge in [0.1, 0.15) is 23.0 Å². The average molecular weight is 493 g/mol. The maximum atomic E-state index is 13.3. The number of hydrogen-bond acceptors (Lipinski definition) is 4. The Kier molecular flexibility index (Phi) is 7.09. The zero-order valence-corrected chi connectivity index (χ0v) is 19.3. The van der Waals surface area contributed by atoms with Gasteiger partial charge in [-0.05, 0) is 65.7 Å². The van der Waals surface area contributed by atoms with Gasteiger partial charge in [-0.25, -0.2) is 12.9 Å². The molecule has 0 saturated carbocycles. The fraction of sp³-hybridized carbons (Fsp3) is 0.0385. The third-order valence-corrected chi connectivity index (χ3v) is 5.94. The van der Waals surface area contributed by atoms with Crippen LogP contribution in [0.4, 0.5) is 21.5 Å². The summed E-state index contributed by atoms with van der Waals surface area (Å²) in [7, 11) is 1.47. The number of halogens is 1. The van der Waals surface area contributed by atoms with E-state index in [1.54, 1.807) is 18.2 Å². The summed E-state index contributed by atoms with van der Waals surface area (Å²) in [6.07, 6.45) is 0. The molecule has 0 aromatic heterocycles. The van der Waals surface area contributed by atoms with Crippen molar-refractivity contribution in [2.45, 2.75) is 0 Å². The quantitative estimate of drug-likeness (QED) is 0.226. The van der Waals surface area contributed by atoms with E-state index in [-0.39, 0.29) is 28.4 Å². The van der Waals surface area contributed by atoms with Gasteiger partial charge in [-0.2, -0.15) is 0 Å². The maximum absolute atomic E-state index is 13.3. The van der Waals surface area contributed by atoms with E-state index in [4.69, 9.17) is 4.74 Å². The highest BCUT2D eigenvalue weighted by Crippen LogP contribution is 2.37. The molecular weight excluding hydrogens is 471 g/mol. The smallest absolute Gasteiger partial charge is 0.266 e. The second-order valence-electron chi connectivity index (χ2n) is 7.44. The Bertz CT molecular complexity index is 1380. The first kappa shape index (κ1) is 23.9. The predicted molar refractivity (Wildman–Crippen MR) is 134 cm³/mol. The number of phenolic OH excluding ortho intramolecular Hbond substituents is 1. The van der Waals surface area contributed by atoms with Crippen molar-refractivity contribution in [3.05, 3.63) is 102 Å². The lowest BCUT2D eigenvalue weighted by molar-refractivity contribution is 0.102. The Morgan fingerprint density at radius 1 is 0.943 bits per heavy atom. The summed E-state index contributed by atoms with van der Waals surface area (Å²) in [5.74, 6) is -0.932. The van der Waals surface area contributed by atoms with Crippen LogP contribution in [0.1, 0.15) is 10.4 Å². The van der Waals surface area contributed by atoms with Gasteiger partial charge in [0.05, 0.1) is 18.4 Å². The van der Waals surface area contributed by atoms with Crippen LogP contribution in [-0.2, 0) is 11.3 Å². The lowest BCUT2D eigenvalue weighted by Crippen LogP contribution is -2.20. The van der Waals surface area contributed by atoms with Gasteiger partial charge in [-0.3, -0.25) is 9.35 Å². The van der Waals surface area contributed by atoms with E-state index in [1.807, 2.05) is 30.3 Å². The van der Waals surface area contributed by atoms with E-state index < -0.39 is 23.0 Å². The Morgan fingerprint density at radius 2 is 1.66 bits per heavy atom. The van der Waals surface area contributed by atoms with Gasteiger partial charge in [0.25, 0.3) is 17.2 Å². The summed E-state index contributed by atoms with van der Waals surface area (Å²) >= 11 is -2.59. The standard InChI is InChI=1S/C26H21FN2O5S/c1-34-25-15-18(17-5-3-2-4-6-17)7-13-22(25)26(31)28-20-10-14-24(30)23(16-20)29(35(32)33)21-11-8-19(27)9-12-21/h2-16,30H,1H3,(H,28,31)(H,32,33). The molecule has 0 saturated heterocycles. The van der Waals surface area contributed by atoms with Crippen molar-refractivity contribution in [2.24, 2.45) is 0 Å². The Morgan fingerprint density at radius 3 is 2.31 bits per heavy atom. The van der Waals surface area contributed by atoms with Gasteiger partial charge in [0.15, 0.2) is 0 Å². The molecule has 1 amide bonds. The highest BCUT2D eigenvalue weighted by atomic mass is 32.2. The summed E-state index contributed by atoms with van der Waals surface area (Å²) in [6.45, 7) is 0. The van der Waals surface area contributed by atoms with Crippen LogP contribution in [0.25, 0.3) is 11.1 Å². The first-order chi connectivity index (χ1) is 16.9. The zero-order valence-electron chi connectivity index (χ0n) is 18.5. The fourth-order valence-electron chi connectivity index (χ4n) is 3.54. The molecule has 0 fully saturated rings. The fourth-order valence-corrected chi connectivity index (χ4v) is 4.16. The number of anilines is 3. The van der Waals surface area contributed by atoms with Crippen LogP contribution in [0, 0.1) is 5.82 Å². The van der Waals surface area contributed by atoms with Gasteiger partial charge in [-0.1, -0.05) is 36.4 Å². The normalized spacial score (nSPS) is 11.5. The molecule has 1 unspecified atom stereocenters. The van der Waals surface area contributed by atoms with Gasteiger partial charge in [-0.15, -0.1) is 0 Å². The number of carbonyl (C=O) groups excluding carboxylic acids is 1. The summed E-state index contributed by atoms with van der Waals surface area (Å²) < 4.78 is 41.6. The molecule has 7 nitrogen and oxygen atoms in total. The van der Waals surface area contributed by atoms with Gasteiger partial charge < -0.3 is 15.2 Å². The molecule has 0 aliphatic heterocycles. The molecule has 9 heteroatoms. The first-order valence-corrected chi connectivity index (χ1v) is 11.5. The minimum Gasteiger partial charge on any atom is -0.506 e. The SMILES string of the molecule is COc1cc(-c2ccccc2)ccc1C(=O)Nc1ccc(O)c(N(c2ccc(F)cc2)S(=O)O)c1. The van der Waals surface area contributed by atoms with E-state index in [9.17, 15) is 23.1 Å². The molecule has 178 valence electrons. The molecule has 0 heterocycles. The Balaban J connectivity index is 1.63. The Labute approximate surface area is 203 Å². The summed E-state index contributed by atoms with van der Waals surface area (Å²) in [6, 6.07) is 23.8.